The third-order valence-electron chi connectivity index (χ3n) is 2.99. The Kier molecular flexibility index (Phi) is 5.09. The Morgan fingerprint density at radius 1 is 1.56 bits per heavy atom. The van der Waals surface area contributed by atoms with E-state index in [4.69, 9.17) is 0 Å². The Morgan fingerprint density at radius 3 is 2.81 bits per heavy atom. The van der Waals surface area contributed by atoms with E-state index in [2.05, 4.69) is 16.9 Å². The molecule has 1 unspecified atom stereocenters. The normalized spacial score (nSPS) is 21.5. The number of methoxy groups -OCH3 is 1. The Balaban J connectivity index is 2.51. The van der Waals surface area contributed by atoms with Crippen LogP contribution in [0.4, 0.5) is 0 Å². The van der Waals surface area contributed by atoms with Gasteiger partial charge in [0.1, 0.15) is 0 Å². The molecule has 0 aromatic heterocycles. The summed E-state index contributed by atoms with van der Waals surface area (Å²) in [6.07, 6.45) is 9.46. The smallest absolute Gasteiger partial charge is 0.337 e. The maximum atomic E-state index is 11.4. The molecule has 1 aliphatic carbocycles. The van der Waals surface area contributed by atoms with Gasteiger partial charge in [-0.1, -0.05) is 12.2 Å². The van der Waals surface area contributed by atoms with Crippen molar-refractivity contribution in [3.8, 4) is 0 Å². The van der Waals surface area contributed by atoms with Crippen LogP contribution < -0.4 is 0 Å². The van der Waals surface area contributed by atoms with Gasteiger partial charge in [-0.2, -0.15) is 0 Å². The second-order valence-electron chi connectivity index (χ2n) is 4.21. The molecule has 1 N–H and O–H groups in total. The van der Waals surface area contributed by atoms with E-state index in [1.165, 1.54) is 26.9 Å². The Morgan fingerprint density at radius 2 is 2.31 bits per heavy atom. The Hall–Kier alpha value is -1.25. The van der Waals surface area contributed by atoms with Gasteiger partial charge in [0.2, 0.25) is 0 Å². The van der Waals surface area contributed by atoms with Crippen LogP contribution in [0.1, 0.15) is 39.0 Å². The summed E-state index contributed by atoms with van der Waals surface area (Å²) in [7, 11) is 1.34. The van der Waals surface area contributed by atoms with Gasteiger partial charge in [-0.3, -0.25) is 0 Å². The molecule has 90 valence electrons. The van der Waals surface area contributed by atoms with Crippen molar-refractivity contribution < 1.29 is 14.6 Å². The highest BCUT2D eigenvalue weighted by Crippen LogP contribution is 2.24. The maximum absolute atomic E-state index is 11.4. The maximum Gasteiger partial charge on any atom is 0.337 e. The summed E-state index contributed by atoms with van der Waals surface area (Å²) in [6, 6.07) is 0. The van der Waals surface area contributed by atoms with Crippen molar-refractivity contribution in [2.24, 2.45) is 5.92 Å². The van der Waals surface area contributed by atoms with Gasteiger partial charge in [0.25, 0.3) is 0 Å². The Bertz CT molecular complexity index is 298. The van der Waals surface area contributed by atoms with Crippen LogP contribution in [0.25, 0.3) is 0 Å². The first-order chi connectivity index (χ1) is 7.65. The van der Waals surface area contributed by atoms with Crippen LogP contribution in [0.2, 0.25) is 0 Å². The highest BCUT2D eigenvalue weighted by atomic mass is 16.5. The second-order valence-corrected chi connectivity index (χ2v) is 4.21. The van der Waals surface area contributed by atoms with Crippen molar-refractivity contribution in [3.05, 3.63) is 23.5 Å². The number of aliphatic hydroxyl groups excluding tert-OH is 1. The number of rotatable bonds is 4. The fourth-order valence-electron chi connectivity index (χ4n) is 2.01. The zero-order valence-corrected chi connectivity index (χ0v) is 10.0. The molecule has 0 radical (unpaired) electrons. The van der Waals surface area contributed by atoms with Crippen LogP contribution in [-0.2, 0) is 9.53 Å². The van der Waals surface area contributed by atoms with Crippen molar-refractivity contribution >= 4 is 5.97 Å². The van der Waals surface area contributed by atoms with E-state index in [-0.39, 0.29) is 5.76 Å². The van der Waals surface area contributed by atoms with Gasteiger partial charge in [0.15, 0.2) is 0 Å². The predicted octanol–water partition coefficient (Wildman–Crippen LogP) is 3.13. The summed E-state index contributed by atoms with van der Waals surface area (Å²) in [5.41, 5.74) is 0.404. The molecule has 0 saturated carbocycles. The van der Waals surface area contributed by atoms with Crippen molar-refractivity contribution in [3.63, 3.8) is 0 Å². The number of hydrogen-bond donors (Lipinski definition) is 1. The molecule has 0 heterocycles. The van der Waals surface area contributed by atoms with Gasteiger partial charge < -0.3 is 9.84 Å². The average Bonchev–Trinajstić information content (AvgIpc) is 2.30. The minimum absolute atomic E-state index is 0.0756. The number of hydrogen-bond acceptors (Lipinski definition) is 3. The first-order valence-electron chi connectivity index (χ1n) is 5.79. The molecule has 1 atom stereocenters. The van der Waals surface area contributed by atoms with Gasteiger partial charge in [-0.25, -0.2) is 4.79 Å². The average molecular weight is 224 g/mol. The van der Waals surface area contributed by atoms with E-state index in [1.54, 1.807) is 0 Å². The van der Waals surface area contributed by atoms with Crippen LogP contribution >= 0.6 is 0 Å². The van der Waals surface area contributed by atoms with Gasteiger partial charge in [0.05, 0.1) is 18.4 Å². The molecule has 1 rings (SSSR count). The molecular formula is C13H20O3. The molecule has 0 saturated heterocycles. The second kappa shape index (κ2) is 6.36. The highest BCUT2D eigenvalue weighted by molar-refractivity contribution is 5.88. The van der Waals surface area contributed by atoms with Crippen molar-refractivity contribution in [1.82, 2.24) is 0 Å². The molecule has 0 aliphatic heterocycles. The molecule has 16 heavy (non-hydrogen) atoms. The summed E-state index contributed by atoms with van der Waals surface area (Å²) in [5.74, 6) is 0.194. The van der Waals surface area contributed by atoms with E-state index in [0.29, 0.717) is 17.9 Å². The fraction of sp³-hybridized carbons (Fsp3) is 0.615. The molecule has 0 spiro atoms. The molecule has 1 aliphatic rings. The predicted molar refractivity (Wildman–Crippen MR) is 63.1 cm³/mol. The highest BCUT2D eigenvalue weighted by Gasteiger charge is 2.16. The molecule has 0 aromatic rings. The molecule has 0 bridgehead atoms. The molecule has 3 heteroatoms. The van der Waals surface area contributed by atoms with E-state index in [9.17, 15) is 9.90 Å². The number of carbonyl (C=O) groups excluding carboxylic acids is 1. The summed E-state index contributed by atoms with van der Waals surface area (Å²) in [4.78, 5) is 11.4. The van der Waals surface area contributed by atoms with Crippen LogP contribution in [0.5, 0.6) is 0 Å². The fourth-order valence-corrected chi connectivity index (χ4v) is 2.01. The summed E-state index contributed by atoms with van der Waals surface area (Å²) >= 11 is 0. The lowest BCUT2D eigenvalue weighted by atomic mass is 9.90. The van der Waals surface area contributed by atoms with Crippen LogP contribution in [0, 0.1) is 5.92 Å². The standard InChI is InChI=1S/C13H20O3/c1-10(14)12(13(15)16-2)9-8-11-6-4-3-5-7-11/h4,6,11,14H,3,5,7-9H2,1-2H3/b12-10-. The first kappa shape index (κ1) is 12.8. The van der Waals surface area contributed by atoms with E-state index < -0.39 is 5.97 Å². The molecule has 0 fully saturated rings. The van der Waals surface area contributed by atoms with Gasteiger partial charge in [0, 0.05) is 0 Å². The van der Waals surface area contributed by atoms with E-state index in [0.717, 1.165) is 12.8 Å². The van der Waals surface area contributed by atoms with Gasteiger partial charge in [-0.15, -0.1) is 0 Å². The first-order valence-corrected chi connectivity index (χ1v) is 5.79. The quantitative estimate of drug-likeness (QED) is 0.345. The van der Waals surface area contributed by atoms with Crippen molar-refractivity contribution in [1.29, 1.82) is 0 Å². The van der Waals surface area contributed by atoms with Crippen LogP contribution in [-0.4, -0.2) is 18.2 Å². The lowest BCUT2D eigenvalue weighted by molar-refractivity contribution is -0.136. The zero-order valence-electron chi connectivity index (χ0n) is 10.0. The lowest BCUT2D eigenvalue weighted by Gasteiger charge is -2.16. The largest absolute Gasteiger partial charge is 0.512 e. The van der Waals surface area contributed by atoms with Crippen molar-refractivity contribution in [2.45, 2.75) is 39.0 Å². The minimum Gasteiger partial charge on any atom is -0.512 e. The van der Waals surface area contributed by atoms with Gasteiger partial charge in [-0.05, 0) is 44.9 Å². The number of allylic oxidation sites excluding steroid dienone is 3. The minimum atomic E-state index is -0.417. The number of carbonyl (C=O) groups is 1. The summed E-state index contributed by atoms with van der Waals surface area (Å²) < 4.78 is 4.64. The van der Waals surface area contributed by atoms with E-state index >= 15 is 0 Å². The van der Waals surface area contributed by atoms with Gasteiger partial charge >= 0.3 is 5.97 Å². The SMILES string of the molecule is COC(=O)/C(CCC1C=CCCC1)=C(/C)O. The molecule has 3 nitrogen and oxygen atoms in total. The molecular weight excluding hydrogens is 204 g/mol. The topological polar surface area (TPSA) is 46.5 Å². The van der Waals surface area contributed by atoms with E-state index in [1.807, 2.05) is 0 Å². The third kappa shape index (κ3) is 3.72. The van der Waals surface area contributed by atoms with Crippen LogP contribution in [0.3, 0.4) is 0 Å². The monoisotopic (exact) mass is 224 g/mol. The molecule has 0 aromatic carbocycles. The number of ether oxygens (including phenoxy) is 1. The summed E-state index contributed by atoms with van der Waals surface area (Å²) in [6.45, 7) is 1.53. The Labute approximate surface area is 96.8 Å². The molecule has 0 amide bonds. The lowest BCUT2D eigenvalue weighted by Crippen LogP contribution is -2.10. The third-order valence-corrected chi connectivity index (χ3v) is 2.99. The number of esters is 1. The van der Waals surface area contributed by atoms with Crippen LogP contribution in [0.15, 0.2) is 23.5 Å². The zero-order chi connectivity index (χ0) is 12.0. The van der Waals surface area contributed by atoms with Crippen molar-refractivity contribution in [2.75, 3.05) is 7.11 Å². The summed E-state index contributed by atoms with van der Waals surface area (Å²) in [5, 5.41) is 9.40. The number of aliphatic hydroxyl groups is 1.